The number of aryl methyl sites for hydroxylation is 2. The Morgan fingerprint density at radius 3 is 2.06 bits per heavy atom. The number of H-pyrrole nitrogens is 1. The molecule has 1 N–H and O–H groups in total. The van der Waals surface area contributed by atoms with E-state index in [1.54, 1.807) is 0 Å². The van der Waals surface area contributed by atoms with E-state index in [2.05, 4.69) is 68.3 Å². The summed E-state index contributed by atoms with van der Waals surface area (Å²) in [6.07, 6.45) is 2.06. The van der Waals surface area contributed by atoms with Crippen LogP contribution >= 0.6 is 0 Å². The predicted molar refractivity (Wildman–Crippen MR) is 70.0 cm³/mol. The monoisotopic (exact) mass is 214 g/mol. The normalized spacial score (nSPS) is 10.5. The molecule has 0 aliphatic carbocycles. The molecule has 0 unspecified atom stereocenters. The van der Waals surface area contributed by atoms with Gasteiger partial charge in [-0.2, -0.15) is 0 Å². The fourth-order valence-corrected chi connectivity index (χ4v) is 2.03. The molecule has 1 aromatic carbocycles. The minimum Gasteiger partial charge on any atom is -0.378 e. The molecule has 2 nitrogen and oxygen atoms in total. The standard InChI is InChI=1S/C14H18N2/c1-10-9-15-11(2)14(10)12-5-7-13(8-6-12)16(3)4/h5-9,15H,1-4H3. The van der Waals surface area contributed by atoms with E-state index in [0.717, 1.165) is 0 Å². The molecule has 0 spiro atoms. The maximum atomic E-state index is 3.26. The lowest BCUT2D eigenvalue weighted by Gasteiger charge is -2.13. The Morgan fingerprint density at radius 2 is 1.62 bits per heavy atom. The van der Waals surface area contributed by atoms with E-state index >= 15 is 0 Å². The van der Waals surface area contributed by atoms with Crippen molar-refractivity contribution in [2.45, 2.75) is 13.8 Å². The molecule has 2 aromatic rings. The van der Waals surface area contributed by atoms with E-state index in [9.17, 15) is 0 Å². The Balaban J connectivity index is 2.42. The zero-order valence-corrected chi connectivity index (χ0v) is 10.3. The van der Waals surface area contributed by atoms with Crippen LogP contribution in [0, 0.1) is 13.8 Å². The number of aromatic amines is 1. The van der Waals surface area contributed by atoms with Gasteiger partial charge < -0.3 is 9.88 Å². The summed E-state index contributed by atoms with van der Waals surface area (Å²) in [4.78, 5) is 5.37. The average molecular weight is 214 g/mol. The first-order valence-corrected chi connectivity index (χ1v) is 5.52. The van der Waals surface area contributed by atoms with E-state index in [1.165, 1.54) is 28.1 Å². The molecule has 0 saturated carbocycles. The van der Waals surface area contributed by atoms with Crippen LogP contribution in [0.15, 0.2) is 30.5 Å². The second-order valence-corrected chi connectivity index (χ2v) is 4.41. The highest BCUT2D eigenvalue weighted by Crippen LogP contribution is 2.28. The van der Waals surface area contributed by atoms with Crippen molar-refractivity contribution in [3.8, 4) is 11.1 Å². The molecule has 0 aliphatic rings. The van der Waals surface area contributed by atoms with Gasteiger partial charge in [0, 0.05) is 37.2 Å². The summed E-state index contributed by atoms with van der Waals surface area (Å²) in [5.41, 5.74) is 6.37. The summed E-state index contributed by atoms with van der Waals surface area (Å²) in [5, 5.41) is 0. The minimum atomic E-state index is 1.23. The Bertz CT molecular complexity index is 458. The summed E-state index contributed by atoms with van der Waals surface area (Å²) < 4.78 is 0. The van der Waals surface area contributed by atoms with Crippen LogP contribution in [-0.4, -0.2) is 19.1 Å². The van der Waals surface area contributed by atoms with Gasteiger partial charge in [-0.25, -0.2) is 0 Å². The molecule has 0 aliphatic heterocycles. The van der Waals surface area contributed by atoms with E-state index in [-0.39, 0.29) is 0 Å². The van der Waals surface area contributed by atoms with Crippen molar-refractivity contribution in [1.29, 1.82) is 0 Å². The minimum absolute atomic E-state index is 1.23. The van der Waals surface area contributed by atoms with Crippen molar-refractivity contribution in [3.63, 3.8) is 0 Å². The quantitative estimate of drug-likeness (QED) is 0.812. The number of hydrogen-bond acceptors (Lipinski definition) is 1. The Hall–Kier alpha value is -1.70. The Morgan fingerprint density at radius 1 is 1.00 bits per heavy atom. The molecular weight excluding hydrogens is 196 g/mol. The summed E-state index contributed by atoms with van der Waals surface area (Å²) >= 11 is 0. The number of benzene rings is 1. The maximum absolute atomic E-state index is 3.26. The van der Waals surface area contributed by atoms with Crippen molar-refractivity contribution in [1.82, 2.24) is 4.98 Å². The molecule has 0 radical (unpaired) electrons. The number of rotatable bonds is 2. The van der Waals surface area contributed by atoms with Gasteiger partial charge in [0.2, 0.25) is 0 Å². The van der Waals surface area contributed by atoms with Crippen molar-refractivity contribution < 1.29 is 0 Å². The van der Waals surface area contributed by atoms with Gasteiger partial charge in [0.1, 0.15) is 0 Å². The molecule has 2 rings (SSSR count). The molecule has 84 valence electrons. The van der Waals surface area contributed by atoms with Gasteiger partial charge in [0.05, 0.1) is 0 Å². The van der Waals surface area contributed by atoms with Crippen LogP contribution in [0.4, 0.5) is 5.69 Å². The molecule has 0 saturated heterocycles. The predicted octanol–water partition coefficient (Wildman–Crippen LogP) is 3.36. The highest BCUT2D eigenvalue weighted by molar-refractivity contribution is 5.71. The van der Waals surface area contributed by atoms with Gasteiger partial charge in [-0.15, -0.1) is 0 Å². The molecule has 0 bridgehead atoms. The first-order chi connectivity index (χ1) is 7.59. The van der Waals surface area contributed by atoms with Gasteiger partial charge in [0.15, 0.2) is 0 Å². The van der Waals surface area contributed by atoms with Crippen molar-refractivity contribution in [2.24, 2.45) is 0 Å². The molecule has 16 heavy (non-hydrogen) atoms. The fraction of sp³-hybridized carbons (Fsp3) is 0.286. The molecule has 2 heteroatoms. The van der Waals surface area contributed by atoms with E-state index in [4.69, 9.17) is 0 Å². The Kier molecular flexibility index (Phi) is 2.73. The second kappa shape index (κ2) is 4.05. The lowest BCUT2D eigenvalue weighted by molar-refractivity contribution is 1.13. The zero-order valence-electron chi connectivity index (χ0n) is 10.3. The van der Waals surface area contributed by atoms with Crippen LogP contribution in [0.1, 0.15) is 11.3 Å². The van der Waals surface area contributed by atoms with E-state index in [0.29, 0.717) is 0 Å². The zero-order chi connectivity index (χ0) is 11.7. The van der Waals surface area contributed by atoms with Gasteiger partial charge in [-0.1, -0.05) is 12.1 Å². The topological polar surface area (TPSA) is 19.0 Å². The molecular formula is C14H18N2. The van der Waals surface area contributed by atoms with Crippen LogP contribution < -0.4 is 4.90 Å². The lowest BCUT2D eigenvalue weighted by atomic mass is 10.0. The summed E-state index contributed by atoms with van der Waals surface area (Å²) in [6, 6.07) is 8.67. The molecule has 1 heterocycles. The first-order valence-electron chi connectivity index (χ1n) is 5.52. The third-order valence-electron chi connectivity index (χ3n) is 2.95. The van der Waals surface area contributed by atoms with Crippen LogP contribution in [0.5, 0.6) is 0 Å². The van der Waals surface area contributed by atoms with E-state index in [1.807, 2.05) is 0 Å². The Labute approximate surface area is 96.9 Å². The first kappa shape index (κ1) is 10.8. The average Bonchev–Trinajstić information content (AvgIpc) is 2.59. The van der Waals surface area contributed by atoms with Crippen LogP contribution in [0.25, 0.3) is 11.1 Å². The third kappa shape index (κ3) is 1.83. The van der Waals surface area contributed by atoms with Gasteiger partial charge in [0.25, 0.3) is 0 Å². The number of anilines is 1. The molecule has 1 aromatic heterocycles. The SMILES string of the molecule is Cc1c[nH]c(C)c1-c1ccc(N(C)C)cc1. The van der Waals surface area contributed by atoms with Crippen LogP contribution in [0.3, 0.4) is 0 Å². The third-order valence-corrected chi connectivity index (χ3v) is 2.95. The second-order valence-electron chi connectivity index (χ2n) is 4.41. The number of nitrogens with one attached hydrogen (secondary N) is 1. The van der Waals surface area contributed by atoms with Crippen molar-refractivity contribution >= 4 is 5.69 Å². The summed E-state index contributed by atoms with van der Waals surface area (Å²) in [5.74, 6) is 0. The molecule has 0 amide bonds. The van der Waals surface area contributed by atoms with Gasteiger partial charge in [-0.05, 0) is 37.1 Å². The largest absolute Gasteiger partial charge is 0.378 e. The highest BCUT2D eigenvalue weighted by Gasteiger charge is 2.07. The maximum Gasteiger partial charge on any atom is 0.0361 e. The number of nitrogens with zero attached hydrogens (tertiary/aromatic N) is 1. The smallest absolute Gasteiger partial charge is 0.0361 e. The highest BCUT2D eigenvalue weighted by atomic mass is 15.1. The van der Waals surface area contributed by atoms with Gasteiger partial charge >= 0.3 is 0 Å². The van der Waals surface area contributed by atoms with Crippen LogP contribution in [0.2, 0.25) is 0 Å². The number of hydrogen-bond donors (Lipinski definition) is 1. The number of aromatic nitrogens is 1. The van der Waals surface area contributed by atoms with Crippen LogP contribution in [-0.2, 0) is 0 Å². The van der Waals surface area contributed by atoms with Gasteiger partial charge in [-0.3, -0.25) is 0 Å². The van der Waals surface area contributed by atoms with Crippen molar-refractivity contribution in [2.75, 3.05) is 19.0 Å². The summed E-state index contributed by atoms with van der Waals surface area (Å²) in [6.45, 7) is 4.25. The lowest BCUT2D eigenvalue weighted by Crippen LogP contribution is -2.07. The molecule has 0 atom stereocenters. The fourth-order valence-electron chi connectivity index (χ4n) is 2.03. The summed E-state index contributed by atoms with van der Waals surface area (Å²) in [7, 11) is 4.11. The van der Waals surface area contributed by atoms with E-state index < -0.39 is 0 Å². The van der Waals surface area contributed by atoms with Crippen molar-refractivity contribution in [3.05, 3.63) is 41.7 Å². The molecule has 0 fully saturated rings.